The van der Waals surface area contributed by atoms with Gasteiger partial charge in [-0.15, -0.1) is 11.8 Å². The van der Waals surface area contributed by atoms with Crippen LogP contribution in [-0.4, -0.2) is 37.9 Å². The maximum atomic E-state index is 11.6. The lowest BCUT2D eigenvalue weighted by Crippen LogP contribution is -2.42. The smallest absolute Gasteiger partial charge is 0.329 e. The molecule has 0 bridgehead atoms. The minimum atomic E-state index is -0.704. The van der Waals surface area contributed by atoms with Gasteiger partial charge in [0.2, 0.25) is 5.91 Å². The van der Waals surface area contributed by atoms with Crippen molar-refractivity contribution in [3.05, 3.63) is 18.2 Å². The van der Waals surface area contributed by atoms with E-state index < -0.39 is 12.0 Å². The topological polar surface area (TPSA) is 90.7 Å². The molecule has 3 N–H and O–H groups in total. The summed E-state index contributed by atoms with van der Waals surface area (Å²) in [6, 6.07) is 4.55. The molecule has 1 aromatic carbocycles. The zero-order chi connectivity index (χ0) is 15.1. The number of methoxy groups -OCH3 is 2. The van der Waals surface area contributed by atoms with Gasteiger partial charge in [-0.25, -0.2) is 4.79 Å². The van der Waals surface area contributed by atoms with Crippen LogP contribution in [0.2, 0.25) is 0 Å². The molecule has 0 aliphatic heterocycles. The lowest BCUT2D eigenvalue weighted by Gasteiger charge is -2.16. The Kier molecular flexibility index (Phi) is 6.17. The van der Waals surface area contributed by atoms with Gasteiger partial charge in [0.1, 0.15) is 11.8 Å². The highest BCUT2D eigenvalue weighted by atomic mass is 32.2. The average molecular weight is 298 g/mol. The number of carbonyl (C=O) groups is 2. The zero-order valence-electron chi connectivity index (χ0n) is 11.6. The van der Waals surface area contributed by atoms with Gasteiger partial charge in [-0.3, -0.25) is 4.79 Å². The summed E-state index contributed by atoms with van der Waals surface area (Å²) in [6.07, 6.45) is 0. The molecule has 20 heavy (non-hydrogen) atoms. The number of anilines is 1. The van der Waals surface area contributed by atoms with Gasteiger partial charge in [0.05, 0.1) is 14.2 Å². The fraction of sp³-hybridized carbons (Fsp3) is 0.385. The molecule has 0 aliphatic carbocycles. The summed E-state index contributed by atoms with van der Waals surface area (Å²) in [5.41, 5.74) is 6.27. The van der Waals surface area contributed by atoms with Crippen molar-refractivity contribution in [3.8, 4) is 5.75 Å². The molecular weight excluding hydrogens is 280 g/mol. The Bertz CT molecular complexity index is 493. The summed E-state index contributed by atoms with van der Waals surface area (Å²) >= 11 is 1.38. The number of amides is 1. The number of benzene rings is 1. The molecule has 1 aromatic rings. The second-order valence-electron chi connectivity index (χ2n) is 4.00. The molecule has 0 fully saturated rings. The fourth-order valence-electron chi connectivity index (χ4n) is 1.53. The first-order chi connectivity index (χ1) is 9.47. The van der Waals surface area contributed by atoms with E-state index in [-0.39, 0.29) is 5.91 Å². The maximum absolute atomic E-state index is 11.6. The molecule has 0 radical (unpaired) electrons. The van der Waals surface area contributed by atoms with Crippen molar-refractivity contribution in [1.82, 2.24) is 5.32 Å². The molecule has 0 heterocycles. The van der Waals surface area contributed by atoms with Crippen molar-refractivity contribution < 1.29 is 19.1 Å². The van der Waals surface area contributed by atoms with E-state index in [4.69, 9.17) is 10.5 Å². The normalized spacial score (nSPS) is 11.6. The first-order valence-electron chi connectivity index (χ1n) is 5.89. The van der Waals surface area contributed by atoms with E-state index in [1.165, 1.54) is 25.8 Å². The van der Waals surface area contributed by atoms with Crippen molar-refractivity contribution in [2.24, 2.45) is 0 Å². The Morgan fingerprint density at radius 3 is 2.65 bits per heavy atom. The molecule has 1 unspecified atom stereocenters. The van der Waals surface area contributed by atoms with Crippen LogP contribution in [0.15, 0.2) is 23.1 Å². The van der Waals surface area contributed by atoms with Crippen LogP contribution in [0, 0.1) is 0 Å². The number of esters is 1. The van der Waals surface area contributed by atoms with Crippen LogP contribution in [0.25, 0.3) is 0 Å². The number of rotatable bonds is 6. The van der Waals surface area contributed by atoms with Gasteiger partial charge < -0.3 is 20.5 Å². The molecule has 1 atom stereocenters. The predicted molar refractivity (Wildman–Crippen MR) is 77.8 cm³/mol. The van der Waals surface area contributed by atoms with Crippen molar-refractivity contribution in [3.63, 3.8) is 0 Å². The summed E-state index contributed by atoms with van der Waals surface area (Å²) in [6.45, 7) is 1.35. The Hall–Kier alpha value is -1.89. The van der Waals surface area contributed by atoms with E-state index in [1.54, 1.807) is 25.3 Å². The lowest BCUT2D eigenvalue weighted by atomic mass is 10.3. The monoisotopic (exact) mass is 298 g/mol. The first-order valence-corrected chi connectivity index (χ1v) is 6.87. The number of hydrogen-bond acceptors (Lipinski definition) is 6. The van der Waals surface area contributed by atoms with Gasteiger partial charge in [0.25, 0.3) is 0 Å². The van der Waals surface area contributed by atoms with Crippen LogP contribution in [-0.2, 0) is 14.3 Å². The van der Waals surface area contributed by atoms with Crippen molar-refractivity contribution in [2.45, 2.75) is 17.9 Å². The summed E-state index contributed by atoms with van der Waals surface area (Å²) < 4.78 is 9.88. The number of thioether (sulfide) groups is 1. The van der Waals surface area contributed by atoms with Gasteiger partial charge in [0.15, 0.2) is 0 Å². The highest BCUT2D eigenvalue weighted by Gasteiger charge is 2.21. The molecule has 7 heteroatoms. The Balaban J connectivity index is 2.76. The quantitative estimate of drug-likeness (QED) is 0.463. The number of hydrogen-bond donors (Lipinski definition) is 2. The number of nitrogen functional groups attached to an aromatic ring is 1. The van der Waals surface area contributed by atoms with Gasteiger partial charge >= 0.3 is 5.97 Å². The standard InChI is InChI=1S/C13H18N2O4S/c1-8(16)15-10(13(17)19-3)7-20-12-5-4-9(14)6-11(12)18-2/h4-6,10H,7,14H2,1-3H3,(H,15,16). The molecule has 110 valence electrons. The second kappa shape index (κ2) is 7.64. The minimum absolute atomic E-state index is 0.287. The largest absolute Gasteiger partial charge is 0.496 e. The van der Waals surface area contributed by atoms with Gasteiger partial charge in [0, 0.05) is 29.3 Å². The first kappa shape index (κ1) is 16.2. The average Bonchev–Trinajstić information content (AvgIpc) is 2.42. The number of ether oxygens (including phenoxy) is 2. The van der Waals surface area contributed by atoms with Crippen molar-refractivity contribution >= 4 is 29.3 Å². The zero-order valence-corrected chi connectivity index (χ0v) is 12.5. The molecule has 0 aliphatic rings. The maximum Gasteiger partial charge on any atom is 0.329 e. The molecule has 0 saturated heterocycles. The predicted octanol–water partition coefficient (Wildman–Crippen LogP) is 1.05. The molecule has 0 aromatic heterocycles. The molecule has 6 nitrogen and oxygen atoms in total. The van der Waals surface area contributed by atoms with Crippen molar-refractivity contribution in [2.75, 3.05) is 25.7 Å². The van der Waals surface area contributed by atoms with Crippen LogP contribution < -0.4 is 15.8 Å². The number of nitrogens with one attached hydrogen (secondary N) is 1. The highest BCUT2D eigenvalue weighted by molar-refractivity contribution is 7.99. The van der Waals surface area contributed by atoms with E-state index in [2.05, 4.69) is 10.1 Å². The van der Waals surface area contributed by atoms with Crippen LogP contribution in [0.3, 0.4) is 0 Å². The Labute approximate surface area is 122 Å². The van der Waals surface area contributed by atoms with E-state index in [0.717, 1.165) is 4.90 Å². The van der Waals surface area contributed by atoms with Crippen LogP contribution >= 0.6 is 11.8 Å². The van der Waals surface area contributed by atoms with E-state index in [9.17, 15) is 9.59 Å². The summed E-state index contributed by atoms with van der Waals surface area (Å²) in [5, 5.41) is 2.55. The highest BCUT2D eigenvalue weighted by Crippen LogP contribution is 2.31. The second-order valence-corrected chi connectivity index (χ2v) is 5.06. The van der Waals surface area contributed by atoms with E-state index in [1.807, 2.05) is 0 Å². The van der Waals surface area contributed by atoms with E-state index >= 15 is 0 Å². The lowest BCUT2D eigenvalue weighted by molar-refractivity contribution is -0.144. The number of carbonyl (C=O) groups excluding carboxylic acids is 2. The number of nitrogens with two attached hydrogens (primary N) is 1. The molecule has 0 saturated carbocycles. The van der Waals surface area contributed by atoms with Gasteiger partial charge in [-0.2, -0.15) is 0 Å². The van der Waals surface area contributed by atoms with Gasteiger partial charge in [-0.05, 0) is 12.1 Å². The van der Waals surface area contributed by atoms with Crippen LogP contribution in [0.1, 0.15) is 6.92 Å². The molecular formula is C13H18N2O4S. The van der Waals surface area contributed by atoms with Crippen molar-refractivity contribution in [1.29, 1.82) is 0 Å². The Morgan fingerprint density at radius 2 is 2.10 bits per heavy atom. The van der Waals surface area contributed by atoms with Crippen LogP contribution in [0.5, 0.6) is 5.75 Å². The van der Waals surface area contributed by atoms with Gasteiger partial charge in [-0.1, -0.05) is 0 Å². The minimum Gasteiger partial charge on any atom is -0.496 e. The summed E-state index contributed by atoms with van der Waals surface area (Å²) in [7, 11) is 2.83. The third-order valence-electron chi connectivity index (χ3n) is 2.46. The third kappa shape index (κ3) is 4.65. The molecule has 1 rings (SSSR count). The third-order valence-corrected chi connectivity index (χ3v) is 3.60. The summed E-state index contributed by atoms with van der Waals surface area (Å²) in [4.78, 5) is 23.5. The van der Waals surface area contributed by atoms with E-state index in [0.29, 0.717) is 17.2 Å². The van der Waals surface area contributed by atoms with Crippen LogP contribution in [0.4, 0.5) is 5.69 Å². The summed E-state index contributed by atoms with van der Waals surface area (Å²) in [5.74, 6) is 0.195. The molecule has 0 spiro atoms. The SMILES string of the molecule is COC(=O)C(CSc1ccc(N)cc1OC)NC(C)=O. The Morgan fingerprint density at radius 1 is 1.40 bits per heavy atom. The molecule has 1 amide bonds. The fourth-order valence-corrected chi connectivity index (χ4v) is 2.55.